The number of aliphatic hydroxyl groups is 1. The van der Waals surface area contributed by atoms with Gasteiger partial charge in [0.2, 0.25) is 0 Å². The van der Waals surface area contributed by atoms with Crippen molar-refractivity contribution in [3.63, 3.8) is 0 Å². The highest BCUT2D eigenvalue weighted by molar-refractivity contribution is 7.97. The normalized spacial score (nSPS) is 22.8. The minimum Gasteiger partial charge on any atom is -0.389 e. The van der Waals surface area contributed by atoms with E-state index in [1.54, 1.807) is 16.8 Å². The maximum atomic E-state index is 13.3. The first-order valence-corrected chi connectivity index (χ1v) is 11.9. The van der Waals surface area contributed by atoms with Gasteiger partial charge in [-0.2, -0.15) is 0 Å². The van der Waals surface area contributed by atoms with E-state index in [-0.39, 0.29) is 18.0 Å². The van der Waals surface area contributed by atoms with Crippen molar-refractivity contribution in [2.75, 3.05) is 16.8 Å². The van der Waals surface area contributed by atoms with Crippen molar-refractivity contribution in [1.82, 2.24) is 4.72 Å². The summed E-state index contributed by atoms with van der Waals surface area (Å²) in [6, 6.07) is 25.7. The first-order chi connectivity index (χ1) is 15.6. The Labute approximate surface area is 193 Å². The van der Waals surface area contributed by atoms with Gasteiger partial charge in [-0.15, -0.1) is 0 Å². The summed E-state index contributed by atoms with van der Waals surface area (Å²) >= 11 is 1.56. The quantitative estimate of drug-likeness (QED) is 0.554. The predicted molar refractivity (Wildman–Crippen MR) is 131 cm³/mol. The standard InChI is InChI=1S/C26H27N3O2S/c1-28-22-15-7-8-16-23(22)29(21-14-6-5-12-19(21)26(28)31)24-17-9-13-20(25(24)30)27-32-18-10-3-2-4-11-18/h2-8,10-12,14-16,20,24-25,27,30H,9,13,17H2,1H3. The number of hydrogen-bond donors (Lipinski definition) is 2. The third-order valence-corrected chi connectivity index (χ3v) is 7.35. The molecule has 2 N–H and O–H groups in total. The Kier molecular flexibility index (Phi) is 5.91. The molecule has 0 aromatic heterocycles. The molecule has 0 spiro atoms. The van der Waals surface area contributed by atoms with Gasteiger partial charge in [0, 0.05) is 18.0 Å². The SMILES string of the molecule is CN1C(=O)c2ccccc2N(C2CCCC(NSc3ccccc3)C2O)c2ccccc21. The lowest BCUT2D eigenvalue weighted by molar-refractivity contribution is 0.0824. The molecule has 3 unspecified atom stereocenters. The molecule has 1 saturated carbocycles. The van der Waals surface area contributed by atoms with E-state index >= 15 is 0 Å². The van der Waals surface area contributed by atoms with Crippen LogP contribution < -0.4 is 14.5 Å². The Morgan fingerprint density at radius 2 is 1.53 bits per heavy atom. The molecular formula is C26H27N3O2S. The van der Waals surface area contributed by atoms with Crippen LogP contribution in [0.1, 0.15) is 29.6 Å². The Hall–Kier alpha value is -2.80. The second kappa shape index (κ2) is 8.98. The number of fused-ring (bicyclic) bond motifs is 2. The number of aliphatic hydroxyl groups excluding tert-OH is 1. The average Bonchev–Trinajstić information content (AvgIpc) is 2.93. The van der Waals surface area contributed by atoms with E-state index in [0.717, 1.165) is 41.2 Å². The summed E-state index contributed by atoms with van der Waals surface area (Å²) < 4.78 is 3.50. The van der Waals surface area contributed by atoms with E-state index in [2.05, 4.69) is 21.8 Å². The lowest BCUT2D eigenvalue weighted by Crippen LogP contribution is -2.53. The third-order valence-electron chi connectivity index (χ3n) is 6.43. The maximum Gasteiger partial charge on any atom is 0.260 e. The van der Waals surface area contributed by atoms with Crippen LogP contribution in [0.5, 0.6) is 0 Å². The second-order valence-electron chi connectivity index (χ2n) is 8.37. The number of anilines is 3. The summed E-state index contributed by atoms with van der Waals surface area (Å²) in [6.45, 7) is 0. The van der Waals surface area contributed by atoms with Crippen molar-refractivity contribution < 1.29 is 9.90 Å². The van der Waals surface area contributed by atoms with Crippen LogP contribution in [0.2, 0.25) is 0 Å². The van der Waals surface area contributed by atoms with Crippen molar-refractivity contribution in [2.45, 2.75) is 42.3 Å². The Bertz CT molecular complexity index is 1110. The summed E-state index contributed by atoms with van der Waals surface area (Å²) in [5, 5.41) is 11.5. The van der Waals surface area contributed by atoms with Crippen LogP contribution in [-0.4, -0.2) is 36.2 Å². The van der Waals surface area contributed by atoms with Crippen LogP contribution in [0.4, 0.5) is 17.1 Å². The Morgan fingerprint density at radius 3 is 2.31 bits per heavy atom. The molecular weight excluding hydrogens is 418 g/mol. The van der Waals surface area contributed by atoms with Crippen LogP contribution in [0, 0.1) is 0 Å². The summed E-state index contributed by atoms with van der Waals surface area (Å²) in [5.41, 5.74) is 3.32. The van der Waals surface area contributed by atoms with Gasteiger partial charge in [-0.05, 0) is 67.6 Å². The fourth-order valence-corrected chi connectivity index (χ4v) is 5.63. The number of carbonyl (C=O) groups excluding carboxylic acids is 1. The Morgan fingerprint density at radius 1 is 0.875 bits per heavy atom. The van der Waals surface area contributed by atoms with Crippen LogP contribution in [0.3, 0.4) is 0 Å². The van der Waals surface area contributed by atoms with Gasteiger partial charge >= 0.3 is 0 Å². The fourth-order valence-electron chi connectivity index (χ4n) is 4.79. The van der Waals surface area contributed by atoms with E-state index in [1.165, 1.54) is 0 Å². The molecule has 3 aromatic carbocycles. The summed E-state index contributed by atoms with van der Waals surface area (Å²) in [6.07, 6.45) is 2.18. The van der Waals surface area contributed by atoms with Crippen molar-refractivity contribution in [3.05, 3.63) is 84.4 Å². The lowest BCUT2D eigenvalue weighted by atomic mass is 9.86. The highest BCUT2D eigenvalue weighted by Crippen LogP contribution is 2.44. The highest BCUT2D eigenvalue weighted by atomic mass is 32.2. The summed E-state index contributed by atoms with van der Waals surface area (Å²) in [5.74, 6) is -0.0323. The number of nitrogens with zero attached hydrogens (tertiary/aromatic N) is 2. The molecule has 1 fully saturated rings. The molecule has 3 aromatic rings. The van der Waals surface area contributed by atoms with Gasteiger partial charge in [0.25, 0.3) is 5.91 Å². The molecule has 1 amide bonds. The Balaban J connectivity index is 1.51. The molecule has 1 heterocycles. The number of carbonyl (C=O) groups is 1. The molecule has 0 radical (unpaired) electrons. The number of nitrogens with one attached hydrogen (secondary N) is 1. The zero-order chi connectivity index (χ0) is 22.1. The van der Waals surface area contributed by atoms with Gasteiger partial charge in [0.1, 0.15) is 0 Å². The van der Waals surface area contributed by atoms with E-state index < -0.39 is 6.10 Å². The molecule has 164 valence electrons. The first kappa shape index (κ1) is 21.1. The van der Waals surface area contributed by atoms with Gasteiger partial charge in [0.05, 0.1) is 34.8 Å². The highest BCUT2D eigenvalue weighted by Gasteiger charge is 2.40. The minimum absolute atomic E-state index is 0.0323. The molecule has 2 aliphatic rings. The zero-order valence-corrected chi connectivity index (χ0v) is 18.8. The second-order valence-corrected chi connectivity index (χ2v) is 9.28. The predicted octanol–water partition coefficient (Wildman–Crippen LogP) is 4.99. The van der Waals surface area contributed by atoms with Crippen molar-refractivity contribution >= 4 is 34.9 Å². The van der Waals surface area contributed by atoms with E-state index in [1.807, 2.05) is 73.8 Å². The van der Waals surface area contributed by atoms with Gasteiger partial charge in [-0.1, -0.05) is 42.5 Å². The number of hydrogen-bond acceptors (Lipinski definition) is 5. The monoisotopic (exact) mass is 445 g/mol. The minimum atomic E-state index is -0.584. The topological polar surface area (TPSA) is 55.8 Å². The van der Waals surface area contributed by atoms with Crippen LogP contribution in [0.25, 0.3) is 0 Å². The largest absolute Gasteiger partial charge is 0.389 e. The molecule has 6 heteroatoms. The fraction of sp³-hybridized carbons (Fsp3) is 0.269. The molecule has 5 rings (SSSR count). The smallest absolute Gasteiger partial charge is 0.260 e. The summed E-state index contributed by atoms with van der Waals surface area (Å²) in [4.78, 5) is 18.3. The van der Waals surface area contributed by atoms with Crippen LogP contribution >= 0.6 is 11.9 Å². The summed E-state index contributed by atoms with van der Waals surface area (Å²) in [7, 11) is 1.82. The molecule has 0 bridgehead atoms. The molecule has 5 nitrogen and oxygen atoms in total. The number of amides is 1. The number of benzene rings is 3. The van der Waals surface area contributed by atoms with Crippen molar-refractivity contribution in [3.8, 4) is 0 Å². The van der Waals surface area contributed by atoms with Crippen molar-refractivity contribution in [2.24, 2.45) is 0 Å². The van der Waals surface area contributed by atoms with Gasteiger partial charge < -0.3 is 14.9 Å². The average molecular weight is 446 g/mol. The van der Waals surface area contributed by atoms with E-state index in [9.17, 15) is 9.90 Å². The van der Waals surface area contributed by atoms with Crippen LogP contribution in [-0.2, 0) is 0 Å². The van der Waals surface area contributed by atoms with E-state index in [4.69, 9.17) is 0 Å². The molecule has 32 heavy (non-hydrogen) atoms. The number of para-hydroxylation sites is 3. The number of rotatable bonds is 4. The first-order valence-electron chi connectivity index (χ1n) is 11.1. The van der Waals surface area contributed by atoms with E-state index in [0.29, 0.717) is 5.56 Å². The molecule has 1 aliphatic heterocycles. The van der Waals surface area contributed by atoms with Crippen LogP contribution in [0.15, 0.2) is 83.8 Å². The zero-order valence-electron chi connectivity index (χ0n) is 18.0. The van der Waals surface area contributed by atoms with Crippen molar-refractivity contribution in [1.29, 1.82) is 0 Å². The maximum absolute atomic E-state index is 13.3. The lowest BCUT2D eigenvalue weighted by Gasteiger charge is -2.43. The van der Waals surface area contributed by atoms with Gasteiger partial charge in [0.15, 0.2) is 0 Å². The molecule has 0 saturated heterocycles. The molecule has 1 aliphatic carbocycles. The van der Waals surface area contributed by atoms with Gasteiger partial charge in [-0.3, -0.25) is 9.52 Å². The van der Waals surface area contributed by atoms with Gasteiger partial charge in [-0.25, -0.2) is 0 Å². The molecule has 3 atom stereocenters. The third kappa shape index (κ3) is 3.79.